The lowest BCUT2D eigenvalue weighted by atomic mass is 9.74. The third-order valence-corrected chi connectivity index (χ3v) is 9.04. The first-order chi connectivity index (χ1) is 22.5. The number of rotatable bonds is 17. The molecule has 0 saturated carbocycles. The summed E-state index contributed by atoms with van der Waals surface area (Å²) in [5, 5.41) is 27.0. The second-order valence-electron chi connectivity index (χ2n) is 10.9. The van der Waals surface area contributed by atoms with E-state index in [1.807, 2.05) is 0 Å². The molecule has 250 valence electrons. The molecule has 0 radical (unpaired) electrons. The van der Waals surface area contributed by atoms with Crippen molar-refractivity contribution >= 4 is 35.5 Å². The second-order valence-corrected chi connectivity index (χ2v) is 12.1. The number of carbonyl (C=O) groups is 4. The molecule has 3 amide bonds. The maximum Gasteiger partial charge on any atom is 0.326 e. The van der Waals surface area contributed by atoms with Crippen molar-refractivity contribution in [2.24, 2.45) is 5.73 Å². The number of nitrogens with one attached hydrogen (secondary N) is 3. The van der Waals surface area contributed by atoms with E-state index in [1.54, 1.807) is 36.4 Å². The van der Waals surface area contributed by atoms with Crippen molar-refractivity contribution in [3.8, 4) is 5.75 Å². The molecule has 1 aliphatic rings. The zero-order chi connectivity index (χ0) is 34.0. The van der Waals surface area contributed by atoms with Gasteiger partial charge in [-0.25, -0.2) is 13.6 Å². The molecule has 14 heteroatoms. The van der Waals surface area contributed by atoms with E-state index in [0.717, 1.165) is 0 Å². The molecule has 7 N–H and O–H groups in total. The van der Waals surface area contributed by atoms with E-state index < -0.39 is 65.5 Å². The summed E-state index contributed by atoms with van der Waals surface area (Å²) in [6.45, 7) is -0.447. The second kappa shape index (κ2) is 16.3. The zero-order valence-electron chi connectivity index (χ0n) is 25.3. The number of aliphatic carboxylic acids is 1. The lowest BCUT2D eigenvalue weighted by Gasteiger charge is -2.50. The molecule has 1 unspecified atom stereocenters. The number of hydrogen-bond acceptors (Lipinski definition) is 8. The van der Waals surface area contributed by atoms with Crippen LogP contribution >= 0.6 is 11.8 Å². The Balaban J connectivity index is 1.38. The minimum atomic E-state index is -1.18. The van der Waals surface area contributed by atoms with Crippen LogP contribution in [0.4, 0.5) is 8.78 Å². The summed E-state index contributed by atoms with van der Waals surface area (Å²) in [6.07, 6.45) is 0.408. The number of halogens is 2. The van der Waals surface area contributed by atoms with Crippen molar-refractivity contribution in [3.05, 3.63) is 101 Å². The van der Waals surface area contributed by atoms with Crippen molar-refractivity contribution in [3.63, 3.8) is 0 Å². The van der Waals surface area contributed by atoms with Crippen molar-refractivity contribution in [1.29, 1.82) is 0 Å². The van der Waals surface area contributed by atoms with E-state index in [9.17, 15) is 38.2 Å². The predicted octanol–water partition coefficient (Wildman–Crippen LogP) is 2.37. The van der Waals surface area contributed by atoms with Gasteiger partial charge >= 0.3 is 5.97 Å². The molecule has 3 aromatic rings. The molecule has 0 aromatic heterocycles. The number of β-lactam (4-membered cyclic amide) rings is 1. The summed E-state index contributed by atoms with van der Waals surface area (Å²) < 4.78 is 32.7. The molecule has 4 rings (SSSR count). The maximum atomic E-state index is 13.8. The van der Waals surface area contributed by atoms with Gasteiger partial charge < -0.3 is 36.6 Å². The molecule has 1 saturated heterocycles. The van der Waals surface area contributed by atoms with Crippen LogP contribution in [0.25, 0.3) is 0 Å². The van der Waals surface area contributed by atoms with Gasteiger partial charge in [-0.1, -0.05) is 36.4 Å². The van der Waals surface area contributed by atoms with Gasteiger partial charge in [0.15, 0.2) is 6.61 Å². The van der Waals surface area contributed by atoms with Gasteiger partial charge in [0.25, 0.3) is 5.91 Å². The standard InChI is InChI=1S/C33H36F2N4O7S/c34-23-10-4-20(5-11-23)27(40)19-47-30-31(43)39-33(30,21-6-12-24(35)13-7-21)22-8-14-25(15-9-22)46-18-29(42)37-17-28(41)38-26(32(44)45)3-1-2-16-36/h4-15,26-27,30,40H,1-3,16-19,36H2,(H,37,42)(H,38,41)(H,39,43)(H,44,45)/t26-,27?,30+,33+/m1/s1. The van der Waals surface area contributed by atoms with Crippen LogP contribution in [0.1, 0.15) is 42.1 Å². The van der Waals surface area contributed by atoms with Gasteiger partial charge in [0.2, 0.25) is 11.8 Å². The molecule has 0 spiro atoms. The lowest BCUT2D eigenvalue weighted by Crippen LogP contribution is -2.69. The Morgan fingerprint density at radius 1 is 0.936 bits per heavy atom. The zero-order valence-corrected chi connectivity index (χ0v) is 26.1. The van der Waals surface area contributed by atoms with Gasteiger partial charge in [-0.05, 0) is 78.9 Å². The van der Waals surface area contributed by atoms with Crippen LogP contribution in [0.2, 0.25) is 0 Å². The first-order valence-corrected chi connectivity index (χ1v) is 15.9. The Morgan fingerprint density at radius 3 is 2.11 bits per heavy atom. The molecule has 11 nitrogen and oxygen atoms in total. The summed E-state index contributed by atoms with van der Waals surface area (Å²) in [6, 6.07) is 16.7. The Bertz CT molecular complexity index is 1540. The van der Waals surface area contributed by atoms with Crippen molar-refractivity contribution in [1.82, 2.24) is 16.0 Å². The SMILES string of the molecule is NCCCC[C@@H](NC(=O)CNC(=O)COc1ccc([C@]2(c3ccc(F)cc3)NC(=O)[C@@H]2SCC(O)c2ccc(F)cc2)cc1)C(=O)O. The van der Waals surface area contributed by atoms with Gasteiger partial charge in [0.1, 0.15) is 34.2 Å². The van der Waals surface area contributed by atoms with Crippen molar-refractivity contribution in [2.45, 2.75) is 42.2 Å². The molecule has 0 aliphatic carbocycles. The van der Waals surface area contributed by atoms with Crippen molar-refractivity contribution < 1.29 is 42.9 Å². The molecule has 1 aliphatic heterocycles. The molecule has 3 aromatic carbocycles. The average molecular weight is 671 g/mol. The number of carbonyl (C=O) groups excluding carboxylic acids is 3. The van der Waals surface area contributed by atoms with Crippen LogP contribution in [0.5, 0.6) is 5.75 Å². The summed E-state index contributed by atoms with van der Waals surface area (Å²) in [7, 11) is 0. The van der Waals surface area contributed by atoms with Gasteiger partial charge in [0.05, 0.1) is 12.6 Å². The Morgan fingerprint density at radius 2 is 1.53 bits per heavy atom. The first-order valence-electron chi connectivity index (χ1n) is 14.9. The summed E-state index contributed by atoms with van der Waals surface area (Å²) in [4.78, 5) is 48.7. The Kier molecular flexibility index (Phi) is 12.3. The topological polar surface area (TPSA) is 180 Å². The first kappa shape index (κ1) is 35.3. The quantitative estimate of drug-likeness (QED) is 0.0929. The van der Waals surface area contributed by atoms with Crippen LogP contribution < -0.4 is 26.4 Å². The molecule has 4 atom stereocenters. The molecule has 1 fully saturated rings. The number of thioether (sulfide) groups is 1. The Labute approximate surface area is 274 Å². The van der Waals surface area contributed by atoms with Crippen LogP contribution in [0.15, 0.2) is 72.8 Å². The molecule has 0 bridgehead atoms. The van der Waals surface area contributed by atoms with E-state index in [2.05, 4.69) is 16.0 Å². The fourth-order valence-electron chi connectivity index (χ4n) is 5.13. The number of carboxylic acid groups (broad SMARTS) is 1. The summed E-state index contributed by atoms with van der Waals surface area (Å²) in [5.74, 6) is -3.16. The maximum absolute atomic E-state index is 13.8. The highest BCUT2D eigenvalue weighted by atomic mass is 32.2. The summed E-state index contributed by atoms with van der Waals surface area (Å²) in [5.41, 5.74) is 6.11. The van der Waals surface area contributed by atoms with Gasteiger partial charge in [-0.15, -0.1) is 11.8 Å². The minimum absolute atomic E-state index is 0.131. The van der Waals surface area contributed by atoms with Crippen LogP contribution in [0, 0.1) is 11.6 Å². The monoisotopic (exact) mass is 670 g/mol. The number of benzene rings is 3. The van der Waals surface area contributed by atoms with E-state index in [4.69, 9.17) is 10.5 Å². The number of ether oxygens (including phenoxy) is 1. The molecule has 1 heterocycles. The highest BCUT2D eigenvalue weighted by Gasteiger charge is 2.56. The van der Waals surface area contributed by atoms with Crippen LogP contribution in [-0.4, -0.2) is 70.6 Å². The molecular weight excluding hydrogens is 634 g/mol. The van der Waals surface area contributed by atoms with Gasteiger partial charge in [-0.3, -0.25) is 14.4 Å². The van der Waals surface area contributed by atoms with Gasteiger partial charge in [-0.2, -0.15) is 0 Å². The number of unbranched alkanes of at least 4 members (excludes halogenated alkanes) is 1. The third-order valence-electron chi connectivity index (χ3n) is 7.63. The van der Waals surface area contributed by atoms with Gasteiger partial charge in [0, 0.05) is 5.75 Å². The van der Waals surface area contributed by atoms with E-state index in [1.165, 1.54) is 48.2 Å². The highest BCUT2D eigenvalue weighted by Crippen LogP contribution is 2.46. The molecule has 47 heavy (non-hydrogen) atoms. The number of amides is 3. The predicted molar refractivity (Wildman–Crippen MR) is 170 cm³/mol. The number of nitrogens with two attached hydrogens (primary N) is 1. The average Bonchev–Trinajstić information content (AvgIpc) is 3.05. The fourth-order valence-corrected chi connectivity index (χ4v) is 6.49. The normalized spacial score (nSPS) is 18.3. The summed E-state index contributed by atoms with van der Waals surface area (Å²) >= 11 is 1.21. The minimum Gasteiger partial charge on any atom is -0.484 e. The highest BCUT2D eigenvalue weighted by molar-refractivity contribution is 8.00. The molecular formula is C33H36F2N4O7S. The van der Waals surface area contributed by atoms with Crippen molar-refractivity contribution in [2.75, 3.05) is 25.4 Å². The van der Waals surface area contributed by atoms with E-state index in [-0.39, 0.29) is 18.1 Å². The largest absolute Gasteiger partial charge is 0.484 e. The smallest absolute Gasteiger partial charge is 0.326 e. The number of aliphatic hydroxyl groups excluding tert-OH is 1. The fraction of sp³-hybridized carbons (Fsp3) is 0.333. The lowest BCUT2D eigenvalue weighted by molar-refractivity contribution is -0.142. The number of carboxylic acids is 1. The Hall–Kier alpha value is -4.53. The van der Waals surface area contributed by atoms with E-state index >= 15 is 0 Å². The van der Waals surface area contributed by atoms with E-state index in [0.29, 0.717) is 41.8 Å². The number of hydrogen-bond donors (Lipinski definition) is 6. The van der Waals surface area contributed by atoms with Crippen LogP contribution in [-0.2, 0) is 24.7 Å². The van der Waals surface area contributed by atoms with Crippen LogP contribution in [0.3, 0.4) is 0 Å². The third kappa shape index (κ3) is 9.05. The number of aliphatic hydroxyl groups is 1.